The zero-order valence-corrected chi connectivity index (χ0v) is 47.9. The summed E-state index contributed by atoms with van der Waals surface area (Å²) in [6.07, 6.45) is 38.5. The zero-order valence-electron chi connectivity index (χ0n) is 46.2. The average Bonchev–Trinajstić information content (AvgIpc) is 3.66. The van der Waals surface area contributed by atoms with E-state index in [0.29, 0.717) is 19.1 Å². The van der Waals surface area contributed by atoms with E-state index < -0.39 is 60.8 Å². The number of carbonyl (C=O) groups is 7. The van der Waals surface area contributed by atoms with Crippen molar-refractivity contribution in [1.29, 1.82) is 0 Å². The lowest BCUT2D eigenvalue weighted by Gasteiger charge is -2.21. The van der Waals surface area contributed by atoms with Crippen molar-refractivity contribution in [3.63, 3.8) is 0 Å². The highest BCUT2D eigenvalue weighted by Crippen LogP contribution is 2.48. The van der Waals surface area contributed by atoms with Crippen molar-refractivity contribution in [2.24, 2.45) is 11.7 Å². The Morgan fingerprint density at radius 3 is 1.68 bits per heavy atom. The lowest BCUT2D eigenvalue weighted by atomic mass is 10.00. The van der Waals surface area contributed by atoms with E-state index >= 15 is 0 Å². The summed E-state index contributed by atoms with van der Waals surface area (Å²) >= 11 is 0.935. The van der Waals surface area contributed by atoms with Gasteiger partial charge in [0.15, 0.2) is 11.9 Å². The molecular formula is C56H98N3O14PS. The molecule has 0 spiro atoms. The summed E-state index contributed by atoms with van der Waals surface area (Å²) < 4.78 is 45.7. The maximum Gasteiger partial charge on any atom is 0.474 e. The van der Waals surface area contributed by atoms with Gasteiger partial charge < -0.3 is 35.4 Å². The highest BCUT2D eigenvalue weighted by molar-refractivity contribution is 8.01. The molecule has 5 unspecified atom stereocenters. The van der Waals surface area contributed by atoms with Gasteiger partial charge in [0.1, 0.15) is 30.7 Å². The normalized spacial score (nSPS) is 16.3. The second kappa shape index (κ2) is 47.9. The van der Waals surface area contributed by atoms with Crippen LogP contribution in [-0.4, -0.2) is 112 Å². The van der Waals surface area contributed by atoms with Gasteiger partial charge in [-0.25, -0.2) is 4.57 Å². The Labute approximate surface area is 454 Å². The van der Waals surface area contributed by atoms with Crippen LogP contribution in [0.15, 0.2) is 24.3 Å². The molecule has 2 amide bonds. The molecule has 1 aliphatic rings. The fourth-order valence-corrected chi connectivity index (χ4v) is 10.2. The van der Waals surface area contributed by atoms with Gasteiger partial charge in [-0.1, -0.05) is 141 Å². The predicted molar refractivity (Wildman–Crippen MR) is 296 cm³/mol. The fraction of sp³-hybridized carbons (Fsp3) is 0.804. The van der Waals surface area contributed by atoms with Crippen molar-refractivity contribution < 1.29 is 65.9 Å². The number of rotatable bonds is 52. The number of phosphoric ester groups is 1. The number of allylic oxidation sites excluding steroid dienone is 4. The molecule has 0 radical (unpaired) electrons. The average molecular weight is 1100 g/mol. The molecule has 0 aliphatic heterocycles. The number of nitrogens with one attached hydrogen (secondary N) is 2. The molecule has 0 heterocycles. The highest BCUT2D eigenvalue weighted by Gasteiger charge is 2.42. The van der Waals surface area contributed by atoms with E-state index in [1.54, 1.807) is 0 Å². The quantitative estimate of drug-likeness (QED) is 0.00975. The molecule has 17 nitrogen and oxygen atoms in total. The van der Waals surface area contributed by atoms with Crippen molar-refractivity contribution in [2.45, 2.75) is 230 Å². The summed E-state index contributed by atoms with van der Waals surface area (Å²) in [4.78, 5) is 85.9. The SMILES string of the molecule is CCCCCCCC/C=C\CCCCCCCC(=O)OCC(COP(=O)(OC)OCCNC(=O)COCCNC(=O)CCC1C(=O)CC(SC(N)C=O)C1=O)OC(=O)CCCCCCC/C=C\CCCCCCCC. The van der Waals surface area contributed by atoms with Gasteiger partial charge in [0.2, 0.25) is 11.8 Å². The molecule has 1 rings (SSSR count). The van der Waals surface area contributed by atoms with Gasteiger partial charge in [-0.2, -0.15) is 0 Å². The molecule has 1 aliphatic carbocycles. The Kier molecular flexibility index (Phi) is 44.6. The van der Waals surface area contributed by atoms with E-state index in [2.05, 4.69) is 48.8 Å². The molecule has 75 heavy (non-hydrogen) atoms. The molecule has 5 atom stereocenters. The first-order valence-corrected chi connectivity index (χ1v) is 30.9. The minimum absolute atomic E-state index is 0.00216. The number of amides is 2. The van der Waals surface area contributed by atoms with Gasteiger partial charge >= 0.3 is 19.8 Å². The van der Waals surface area contributed by atoms with Crippen molar-refractivity contribution >= 4 is 61.2 Å². The Morgan fingerprint density at radius 2 is 1.15 bits per heavy atom. The molecule has 1 saturated carbocycles. The molecule has 4 N–H and O–H groups in total. The van der Waals surface area contributed by atoms with Crippen LogP contribution in [0.25, 0.3) is 0 Å². The summed E-state index contributed by atoms with van der Waals surface area (Å²) in [5, 5.41) is 3.57. The number of ketones is 2. The van der Waals surface area contributed by atoms with Crippen LogP contribution in [0.1, 0.15) is 213 Å². The van der Waals surface area contributed by atoms with E-state index in [0.717, 1.165) is 95.9 Å². The van der Waals surface area contributed by atoms with E-state index in [4.69, 9.17) is 33.5 Å². The predicted octanol–water partition coefficient (Wildman–Crippen LogP) is 11.1. The number of Topliss-reactive ketones (excluding diaryl/α,β-unsaturated/α-hetero) is 2. The number of nitrogens with two attached hydrogens (primary N) is 1. The number of unbranched alkanes of at least 4 members (excludes halogenated alkanes) is 22. The van der Waals surface area contributed by atoms with Crippen molar-refractivity contribution in [3.8, 4) is 0 Å². The van der Waals surface area contributed by atoms with Crippen LogP contribution in [0.5, 0.6) is 0 Å². The number of thioether (sulfide) groups is 1. The molecule has 1 fully saturated rings. The van der Waals surface area contributed by atoms with Crippen LogP contribution in [0.2, 0.25) is 0 Å². The van der Waals surface area contributed by atoms with Crippen LogP contribution in [0.4, 0.5) is 0 Å². The van der Waals surface area contributed by atoms with Crippen LogP contribution >= 0.6 is 19.6 Å². The summed E-state index contributed by atoms with van der Waals surface area (Å²) in [7, 11) is -3.07. The number of esters is 2. The monoisotopic (exact) mass is 1100 g/mol. The Bertz CT molecular complexity index is 1670. The van der Waals surface area contributed by atoms with E-state index in [1.807, 2.05) is 0 Å². The van der Waals surface area contributed by atoms with Gasteiger partial charge in [0.05, 0.1) is 31.0 Å². The van der Waals surface area contributed by atoms with Gasteiger partial charge in [0, 0.05) is 45.9 Å². The Balaban J connectivity index is 2.46. The Morgan fingerprint density at radius 1 is 0.653 bits per heavy atom. The number of hydrogen-bond acceptors (Lipinski definition) is 16. The van der Waals surface area contributed by atoms with Gasteiger partial charge in [-0.3, -0.25) is 42.3 Å². The van der Waals surface area contributed by atoms with Gasteiger partial charge in [0.25, 0.3) is 0 Å². The van der Waals surface area contributed by atoms with Gasteiger partial charge in [-0.05, 0) is 70.6 Å². The molecule has 0 aromatic rings. The molecule has 432 valence electrons. The second-order valence-corrected chi connectivity index (χ2v) is 22.5. The third kappa shape index (κ3) is 39.7. The minimum Gasteiger partial charge on any atom is -0.462 e. The van der Waals surface area contributed by atoms with Crippen LogP contribution in [-0.2, 0) is 65.9 Å². The molecule has 0 bridgehead atoms. The standard InChI is InChI=1S/C56H98N3O14PS/c1-4-6-8-10-12-14-16-18-20-22-24-26-28-30-32-34-54(64)70-44-47(73-55(65)35-33-31-29-27-25-23-21-19-17-15-13-11-9-7-5-2)45-72-74(67,68-3)71-41-39-59-53(63)46-69-40-38-58-52(62)37-36-48-49(61)42-50(56(48)66)75-51(57)43-60/h18-21,43,47-48,50-51H,4-17,22-42,44-46,57H2,1-3H3,(H,58,62)(H,59,63)/b20-18-,21-19-. The second-order valence-electron chi connectivity index (χ2n) is 19.4. The third-order valence-electron chi connectivity index (χ3n) is 12.7. The molecule has 19 heteroatoms. The zero-order chi connectivity index (χ0) is 55.0. The Hall–Kier alpha value is -3.25. The van der Waals surface area contributed by atoms with Crippen LogP contribution in [0.3, 0.4) is 0 Å². The first-order chi connectivity index (χ1) is 36.4. The smallest absolute Gasteiger partial charge is 0.462 e. The maximum atomic E-state index is 13.3. The lowest BCUT2D eigenvalue weighted by Crippen LogP contribution is -2.33. The fourth-order valence-electron chi connectivity index (χ4n) is 8.26. The first kappa shape index (κ1) is 69.8. The number of hydrogen-bond donors (Lipinski definition) is 3. The number of phosphoric acid groups is 1. The van der Waals surface area contributed by atoms with E-state index in [9.17, 15) is 38.1 Å². The number of ether oxygens (including phenoxy) is 3. The summed E-state index contributed by atoms with van der Waals surface area (Å²) in [6, 6.07) is 0. The van der Waals surface area contributed by atoms with Crippen molar-refractivity contribution in [2.75, 3.05) is 53.2 Å². The van der Waals surface area contributed by atoms with Crippen LogP contribution in [0, 0.1) is 5.92 Å². The molecule has 0 saturated heterocycles. The van der Waals surface area contributed by atoms with Crippen molar-refractivity contribution in [3.05, 3.63) is 24.3 Å². The number of carbonyl (C=O) groups excluding carboxylic acids is 7. The van der Waals surface area contributed by atoms with Gasteiger partial charge in [-0.15, -0.1) is 11.8 Å². The summed E-state index contributed by atoms with van der Waals surface area (Å²) in [6.45, 7) is 3.11. The minimum atomic E-state index is -4.19. The first-order valence-electron chi connectivity index (χ1n) is 28.5. The van der Waals surface area contributed by atoms with E-state index in [-0.39, 0.29) is 83.2 Å². The largest absolute Gasteiger partial charge is 0.474 e. The summed E-state index contributed by atoms with van der Waals surface area (Å²) in [5.41, 5.74) is 5.57. The third-order valence-corrected chi connectivity index (χ3v) is 15.2. The topological polar surface area (TPSA) is 242 Å². The van der Waals surface area contributed by atoms with E-state index in [1.165, 1.54) is 77.0 Å². The maximum absolute atomic E-state index is 13.3. The summed E-state index contributed by atoms with van der Waals surface area (Å²) in [5.74, 6) is -3.34. The molecule has 0 aromatic carbocycles. The molecule has 0 aromatic heterocycles. The number of aldehydes is 1. The highest BCUT2D eigenvalue weighted by atomic mass is 32.2. The molecular weight excluding hydrogens is 1000 g/mol. The lowest BCUT2D eigenvalue weighted by molar-refractivity contribution is -0.161. The van der Waals surface area contributed by atoms with Crippen molar-refractivity contribution in [1.82, 2.24) is 10.6 Å². The van der Waals surface area contributed by atoms with Crippen LogP contribution < -0.4 is 16.4 Å².